The standard InChI is InChI=1S/C27H46/c1-22(2)14-10-15-23(3)16-11-17-24(4)18-12-19-25(5)20-13-21-26(6)27(7,8)9/h14,16,18,20H,6,10-13,15,17,19,21H2,1-5,7-9H3/b23-16+,24-18+,25-20+. The summed E-state index contributed by atoms with van der Waals surface area (Å²) in [6, 6.07) is 0. The maximum absolute atomic E-state index is 4.23. The van der Waals surface area contributed by atoms with Crippen LogP contribution < -0.4 is 0 Å². The summed E-state index contributed by atoms with van der Waals surface area (Å²) in [7, 11) is 0. The zero-order valence-corrected chi connectivity index (χ0v) is 19.7. The molecule has 0 bridgehead atoms. The highest BCUT2D eigenvalue weighted by atomic mass is 14.2. The first kappa shape index (κ1) is 25.7. The van der Waals surface area contributed by atoms with Crippen molar-refractivity contribution in [2.45, 2.75) is 107 Å². The van der Waals surface area contributed by atoms with Crippen molar-refractivity contribution in [3.8, 4) is 0 Å². The fourth-order valence-electron chi connectivity index (χ4n) is 2.85. The highest BCUT2D eigenvalue weighted by molar-refractivity contribution is 5.09. The zero-order chi connectivity index (χ0) is 20.9. The highest BCUT2D eigenvalue weighted by Gasteiger charge is 2.13. The molecule has 0 radical (unpaired) electrons. The van der Waals surface area contributed by atoms with Crippen molar-refractivity contribution in [3.05, 3.63) is 58.7 Å². The molecular formula is C27H46. The Hall–Kier alpha value is -1.30. The molecule has 0 aromatic carbocycles. The first-order valence-electron chi connectivity index (χ1n) is 10.8. The van der Waals surface area contributed by atoms with Crippen LogP contribution in [0.5, 0.6) is 0 Å². The minimum absolute atomic E-state index is 0.236. The van der Waals surface area contributed by atoms with Gasteiger partial charge < -0.3 is 0 Å². The predicted molar refractivity (Wildman–Crippen MR) is 126 cm³/mol. The van der Waals surface area contributed by atoms with Gasteiger partial charge in [0.2, 0.25) is 0 Å². The SMILES string of the molecule is C=C(CC/C=C(\C)CC/C=C(\C)CC/C=C(\C)CCC=C(C)C)C(C)(C)C. The molecule has 0 saturated carbocycles. The van der Waals surface area contributed by atoms with Crippen LogP contribution in [0.1, 0.15) is 107 Å². The van der Waals surface area contributed by atoms with E-state index in [0.29, 0.717) is 0 Å². The van der Waals surface area contributed by atoms with Gasteiger partial charge in [-0.25, -0.2) is 0 Å². The van der Waals surface area contributed by atoms with Crippen LogP contribution in [0.4, 0.5) is 0 Å². The second kappa shape index (κ2) is 13.8. The molecule has 0 heterocycles. The quantitative estimate of drug-likeness (QED) is 0.300. The average molecular weight is 371 g/mol. The molecule has 0 aliphatic heterocycles. The van der Waals surface area contributed by atoms with Crippen molar-refractivity contribution >= 4 is 0 Å². The Kier molecular flexibility index (Phi) is 13.1. The lowest BCUT2D eigenvalue weighted by atomic mass is 9.85. The van der Waals surface area contributed by atoms with Gasteiger partial charge in [-0.3, -0.25) is 0 Å². The molecule has 0 atom stereocenters. The molecule has 0 spiro atoms. The molecule has 0 aliphatic carbocycles. The molecule has 0 aromatic rings. The number of hydrogen-bond donors (Lipinski definition) is 0. The van der Waals surface area contributed by atoms with Crippen molar-refractivity contribution in [1.82, 2.24) is 0 Å². The lowest BCUT2D eigenvalue weighted by Crippen LogP contribution is -2.07. The van der Waals surface area contributed by atoms with Crippen molar-refractivity contribution < 1.29 is 0 Å². The van der Waals surface area contributed by atoms with E-state index in [1.807, 2.05) is 0 Å². The highest BCUT2D eigenvalue weighted by Crippen LogP contribution is 2.27. The fourth-order valence-corrected chi connectivity index (χ4v) is 2.85. The number of allylic oxidation sites excluding steroid dienone is 9. The van der Waals surface area contributed by atoms with Gasteiger partial charge in [-0.2, -0.15) is 0 Å². The first-order chi connectivity index (χ1) is 12.5. The number of rotatable bonds is 12. The van der Waals surface area contributed by atoms with E-state index in [9.17, 15) is 0 Å². The summed E-state index contributed by atoms with van der Waals surface area (Å²) >= 11 is 0. The van der Waals surface area contributed by atoms with E-state index in [0.717, 1.165) is 19.3 Å². The van der Waals surface area contributed by atoms with E-state index in [4.69, 9.17) is 0 Å². The van der Waals surface area contributed by atoms with Crippen molar-refractivity contribution in [1.29, 1.82) is 0 Å². The third kappa shape index (κ3) is 15.5. The molecule has 0 saturated heterocycles. The Balaban J connectivity index is 4.09. The summed E-state index contributed by atoms with van der Waals surface area (Å²) in [5, 5.41) is 0. The molecule has 0 N–H and O–H groups in total. The van der Waals surface area contributed by atoms with Crippen LogP contribution in [0.25, 0.3) is 0 Å². The van der Waals surface area contributed by atoms with Gasteiger partial charge in [0.1, 0.15) is 0 Å². The Morgan fingerprint density at radius 3 is 1.26 bits per heavy atom. The van der Waals surface area contributed by atoms with Crippen LogP contribution >= 0.6 is 0 Å². The average Bonchev–Trinajstić information content (AvgIpc) is 2.53. The lowest BCUT2D eigenvalue weighted by Gasteiger charge is -2.21. The smallest absolute Gasteiger partial charge is 0.0176 e. The Morgan fingerprint density at radius 1 is 0.593 bits per heavy atom. The molecule has 154 valence electrons. The van der Waals surface area contributed by atoms with Crippen LogP contribution in [-0.4, -0.2) is 0 Å². The van der Waals surface area contributed by atoms with Gasteiger partial charge in [0, 0.05) is 0 Å². The predicted octanol–water partition coefficient (Wildman–Crippen LogP) is 9.51. The maximum atomic E-state index is 4.23. The summed E-state index contributed by atoms with van der Waals surface area (Å²) in [5.74, 6) is 0. The molecule has 0 aliphatic rings. The molecule has 0 nitrogen and oxygen atoms in total. The Morgan fingerprint density at radius 2 is 0.926 bits per heavy atom. The van der Waals surface area contributed by atoms with E-state index in [-0.39, 0.29) is 5.41 Å². The molecule has 0 aromatic heterocycles. The van der Waals surface area contributed by atoms with Crippen molar-refractivity contribution in [2.24, 2.45) is 5.41 Å². The van der Waals surface area contributed by atoms with E-state index in [1.165, 1.54) is 60.0 Å². The fraction of sp³-hybridized carbons (Fsp3) is 0.630. The van der Waals surface area contributed by atoms with Crippen LogP contribution in [-0.2, 0) is 0 Å². The first-order valence-corrected chi connectivity index (χ1v) is 10.8. The zero-order valence-electron chi connectivity index (χ0n) is 19.7. The van der Waals surface area contributed by atoms with Gasteiger partial charge in [0.15, 0.2) is 0 Å². The summed E-state index contributed by atoms with van der Waals surface area (Å²) in [5.41, 5.74) is 7.57. The van der Waals surface area contributed by atoms with Crippen molar-refractivity contribution in [3.63, 3.8) is 0 Å². The number of hydrogen-bond acceptors (Lipinski definition) is 0. The molecule has 0 amide bonds. The van der Waals surface area contributed by atoms with Gasteiger partial charge in [-0.15, -0.1) is 0 Å². The minimum atomic E-state index is 0.236. The maximum Gasteiger partial charge on any atom is -0.0176 e. The largest absolute Gasteiger partial charge is 0.0993 e. The van der Waals surface area contributed by atoms with Gasteiger partial charge in [-0.1, -0.05) is 79.5 Å². The second-order valence-electron chi connectivity index (χ2n) is 9.44. The van der Waals surface area contributed by atoms with Crippen LogP contribution in [0.3, 0.4) is 0 Å². The summed E-state index contributed by atoms with van der Waals surface area (Å²) in [4.78, 5) is 0. The third-order valence-electron chi connectivity index (χ3n) is 5.15. The molecule has 0 unspecified atom stereocenters. The van der Waals surface area contributed by atoms with Gasteiger partial charge >= 0.3 is 0 Å². The minimum Gasteiger partial charge on any atom is -0.0993 e. The molecular weight excluding hydrogens is 324 g/mol. The molecule has 27 heavy (non-hydrogen) atoms. The second-order valence-corrected chi connectivity index (χ2v) is 9.44. The molecule has 0 rings (SSSR count). The topological polar surface area (TPSA) is 0 Å². The summed E-state index contributed by atoms with van der Waals surface area (Å²) in [6.07, 6.45) is 18.9. The molecule has 0 heteroatoms. The summed E-state index contributed by atoms with van der Waals surface area (Å²) in [6.45, 7) is 22.1. The van der Waals surface area contributed by atoms with Crippen LogP contribution in [0, 0.1) is 5.41 Å². The van der Waals surface area contributed by atoms with Gasteiger partial charge in [0.25, 0.3) is 0 Å². The Labute approximate surface area is 171 Å². The van der Waals surface area contributed by atoms with Gasteiger partial charge in [-0.05, 0) is 91.4 Å². The van der Waals surface area contributed by atoms with E-state index in [1.54, 1.807) is 0 Å². The lowest BCUT2D eigenvalue weighted by molar-refractivity contribution is 0.485. The van der Waals surface area contributed by atoms with Crippen molar-refractivity contribution in [2.75, 3.05) is 0 Å². The Bertz CT molecular complexity index is 551. The van der Waals surface area contributed by atoms with Crippen LogP contribution in [0.15, 0.2) is 58.7 Å². The van der Waals surface area contributed by atoms with E-state index >= 15 is 0 Å². The monoisotopic (exact) mass is 370 g/mol. The molecule has 0 fully saturated rings. The summed E-state index contributed by atoms with van der Waals surface area (Å²) < 4.78 is 0. The van der Waals surface area contributed by atoms with Gasteiger partial charge in [0.05, 0.1) is 0 Å². The van der Waals surface area contributed by atoms with E-state index in [2.05, 4.69) is 86.3 Å². The van der Waals surface area contributed by atoms with E-state index < -0.39 is 0 Å². The van der Waals surface area contributed by atoms with Crippen LogP contribution in [0.2, 0.25) is 0 Å². The normalized spacial score (nSPS) is 13.7. The third-order valence-corrected chi connectivity index (χ3v) is 5.15.